The second-order valence-electron chi connectivity index (χ2n) is 5.45. The Morgan fingerprint density at radius 3 is 2.56 bits per heavy atom. The van der Waals surface area contributed by atoms with Gasteiger partial charge in [-0.3, -0.25) is 4.79 Å². The van der Waals surface area contributed by atoms with Gasteiger partial charge in [-0.05, 0) is 37.3 Å². The van der Waals surface area contributed by atoms with Gasteiger partial charge in [-0.1, -0.05) is 32.6 Å². The Morgan fingerprint density at radius 2 is 1.94 bits per heavy atom. The fraction of sp³-hybridized carbons (Fsp3) is 0.929. The molecular formula is C14H28N2OS. The Bertz CT molecular complexity index is 228. The largest absolute Gasteiger partial charge is 0.352 e. The zero-order valence-electron chi connectivity index (χ0n) is 11.8. The molecule has 3 nitrogen and oxygen atoms in total. The molecule has 0 saturated heterocycles. The summed E-state index contributed by atoms with van der Waals surface area (Å²) in [6.07, 6.45) is 9.64. The SMILES string of the molecule is CSCC(C)CNCC(=O)NC1CCCCCC1. The molecule has 0 radical (unpaired) electrons. The zero-order valence-corrected chi connectivity index (χ0v) is 12.7. The van der Waals surface area contributed by atoms with Crippen LogP contribution in [-0.2, 0) is 4.79 Å². The van der Waals surface area contributed by atoms with E-state index in [0.29, 0.717) is 18.5 Å². The van der Waals surface area contributed by atoms with Crippen molar-refractivity contribution in [3.63, 3.8) is 0 Å². The van der Waals surface area contributed by atoms with Crippen LogP contribution in [0.25, 0.3) is 0 Å². The van der Waals surface area contributed by atoms with E-state index >= 15 is 0 Å². The van der Waals surface area contributed by atoms with E-state index in [1.54, 1.807) is 0 Å². The first-order valence-electron chi connectivity index (χ1n) is 7.21. The van der Waals surface area contributed by atoms with E-state index in [2.05, 4.69) is 23.8 Å². The Labute approximate surface area is 116 Å². The highest BCUT2D eigenvalue weighted by Gasteiger charge is 2.14. The molecule has 1 saturated carbocycles. The van der Waals surface area contributed by atoms with Gasteiger partial charge in [-0.15, -0.1) is 0 Å². The maximum Gasteiger partial charge on any atom is 0.234 e. The van der Waals surface area contributed by atoms with Gasteiger partial charge < -0.3 is 10.6 Å². The number of hydrogen-bond acceptors (Lipinski definition) is 3. The lowest BCUT2D eigenvalue weighted by Gasteiger charge is -2.17. The Hall–Kier alpha value is -0.220. The summed E-state index contributed by atoms with van der Waals surface area (Å²) in [6, 6.07) is 0.422. The highest BCUT2D eigenvalue weighted by Crippen LogP contribution is 2.16. The van der Waals surface area contributed by atoms with Crippen molar-refractivity contribution in [2.24, 2.45) is 5.92 Å². The van der Waals surface area contributed by atoms with E-state index < -0.39 is 0 Å². The van der Waals surface area contributed by atoms with E-state index in [9.17, 15) is 4.79 Å². The average Bonchev–Trinajstić information content (AvgIpc) is 2.58. The maximum atomic E-state index is 11.8. The Balaban J connectivity index is 2.09. The second-order valence-corrected chi connectivity index (χ2v) is 6.36. The van der Waals surface area contributed by atoms with E-state index in [1.165, 1.54) is 25.7 Å². The Kier molecular flexibility index (Phi) is 8.51. The van der Waals surface area contributed by atoms with Gasteiger partial charge in [-0.2, -0.15) is 11.8 Å². The monoisotopic (exact) mass is 272 g/mol. The summed E-state index contributed by atoms with van der Waals surface area (Å²) in [5.74, 6) is 1.95. The number of carbonyl (C=O) groups excluding carboxylic acids is 1. The maximum absolute atomic E-state index is 11.8. The van der Waals surface area contributed by atoms with Crippen LogP contribution in [0.3, 0.4) is 0 Å². The third-order valence-corrected chi connectivity index (χ3v) is 4.35. The van der Waals surface area contributed by atoms with E-state index in [4.69, 9.17) is 0 Å². The lowest BCUT2D eigenvalue weighted by atomic mass is 10.1. The minimum Gasteiger partial charge on any atom is -0.352 e. The molecule has 4 heteroatoms. The fourth-order valence-corrected chi connectivity index (χ4v) is 3.16. The molecule has 0 aromatic heterocycles. The van der Waals surface area contributed by atoms with Crippen LogP contribution in [0.2, 0.25) is 0 Å². The van der Waals surface area contributed by atoms with Gasteiger partial charge in [0.25, 0.3) is 0 Å². The third-order valence-electron chi connectivity index (χ3n) is 3.45. The van der Waals surface area contributed by atoms with E-state index in [-0.39, 0.29) is 5.91 Å². The zero-order chi connectivity index (χ0) is 13.2. The quantitative estimate of drug-likeness (QED) is 0.699. The van der Waals surface area contributed by atoms with Gasteiger partial charge >= 0.3 is 0 Å². The molecule has 1 aliphatic rings. The molecule has 1 atom stereocenters. The number of rotatable bonds is 7. The summed E-state index contributed by atoms with van der Waals surface area (Å²) >= 11 is 1.86. The van der Waals surface area contributed by atoms with Gasteiger partial charge in [0.05, 0.1) is 6.54 Å². The minimum absolute atomic E-state index is 0.165. The van der Waals surface area contributed by atoms with Crippen molar-refractivity contribution in [3.05, 3.63) is 0 Å². The molecule has 0 heterocycles. The molecule has 0 aromatic rings. The average molecular weight is 272 g/mol. The van der Waals surface area contributed by atoms with Crippen molar-refractivity contribution in [2.75, 3.05) is 25.1 Å². The summed E-state index contributed by atoms with van der Waals surface area (Å²) in [5, 5.41) is 6.41. The first-order chi connectivity index (χ1) is 8.72. The molecule has 1 aliphatic carbocycles. The second kappa shape index (κ2) is 9.68. The molecule has 0 bridgehead atoms. The summed E-state index contributed by atoms with van der Waals surface area (Å²) in [7, 11) is 0. The van der Waals surface area contributed by atoms with Crippen molar-refractivity contribution < 1.29 is 4.79 Å². The molecule has 1 unspecified atom stereocenters. The normalized spacial score (nSPS) is 19.2. The molecular weight excluding hydrogens is 244 g/mol. The number of carbonyl (C=O) groups is 1. The van der Waals surface area contributed by atoms with Crippen LogP contribution in [-0.4, -0.2) is 37.0 Å². The fourth-order valence-electron chi connectivity index (χ4n) is 2.48. The van der Waals surface area contributed by atoms with E-state index in [0.717, 1.165) is 25.1 Å². The van der Waals surface area contributed by atoms with Crippen molar-refractivity contribution in [3.8, 4) is 0 Å². The molecule has 2 N–H and O–H groups in total. The summed E-state index contributed by atoms with van der Waals surface area (Å²) in [6.45, 7) is 3.61. The van der Waals surface area contributed by atoms with Crippen LogP contribution in [0, 0.1) is 5.92 Å². The molecule has 106 valence electrons. The van der Waals surface area contributed by atoms with Crippen molar-refractivity contribution in [1.29, 1.82) is 0 Å². The van der Waals surface area contributed by atoms with Crippen LogP contribution in [0.4, 0.5) is 0 Å². The van der Waals surface area contributed by atoms with E-state index in [1.807, 2.05) is 11.8 Å². The molecule has 0 spiro atoms. The smallest absolute Gasteiger partial charge is 0.234 e. The van der Waals surface area contributed by atoms with Crippen molar-refractivity contribution in [2.45, 2.75) is 51.5 Å². The summed E-state index contributed by atoms with van der Waals surface area (Å²) in [4.78, 5) is 11.8. The number of thioether (sulfide) groups is 1. The number of nitrogens with one attached hydrogen (secondary N) is 2. The number of amides is 1. The number of hydrogen-bond donors (Lipinski definition) is 2. The van der Waals surface area contributed by atoms with Gasteiger partial charge in [-0.25, -0.2) is 0 Å². The van der Waals surface area contributed by atoms with Crippen LogP contribution in [0.1, 0.15) is 45.4 Å². The minimum atomic E-state index is 0.165. The molecule has 1 rings (SSSR count). The molecule has 18 heavy (non-hydrogen) atoms. The first-order valence-corrected chi connectivity index (χ1v) is 8.60. The lowest BCUT2D eigenvalue weighted by molar-refractivity contribution is -0.121. The highest BCUT2D eigenvalue weighted by atomic mass is 32.2. The highest BCUT2D eigenvalue weighted by molar-refractivity contribution is 7.98. The molecule has 1 fully saturated rings. The predicted molar refractivity (Wildman–Crippen MR) is 80.0 cm³/mol. The van der Waals surface area contributed by atoms with Crippen LogP contribution in [0.15, 0.2) is 0 Å². The van der Waals surface area contributed by atoms with Gasteiger partial charge in [0, 0.05) is 6.04 Å². The van der Waals surface area contributed by atoms with Gasteiger partial charge in [0.1, 0.15) is 0 Å². The summed E-state index contributed by atoms with van der Waals surface area (Å²) in [5.41, 5.74) is 0. The standard InChI is InChI=1S/C14H28N2OS/c1-12(11-18-2)9-15-10-14(17)16-13-7-5-3-4-6-8-13/h12-13,15H,3-11H2,1-2H3,(H,16,17). The van der Waals surface area contributed by atoms with Crippen LogP contribution in [0.5, 0.6) is 0 Å². The van der Waals surface area contributed by atoms with Gasteiger partial charge in [0.15, 0.2) is 0 Å². The first kappa shape index (κ1) is 15.8. The predicted octanol–water partition coefficient (Wildman–Crippen LogP) is 2.41. The van der Waals surface area contributed by atoms with Crippen molar-refractivity contribution in [1.82, 2.24) is 10.6 Å². The topological polar surface area (TPSA) is 41.1 Å². The third kappa shape index (κ3) is 7.27. The van der Waals surface area contributed by atoms with Crippen LogP contribution >= 0.6 is 11.8 Å². The summed E-state index contributed by atoms with van der Waals surface area (Å²) < 4.78 is 0. The van der Waals surface area contributed by atoms with Crippen LogP contribution < -0.4 is 10.6 Å². The Morgan fingerprint density at radius 1 is 1.28 bits per heavy atom. The lowest BCUT2D eigenvalue weighted by Crippen LogP contribution is -2.41. The van der Waals surface area contributed by atoms with Gasteiger partial charge in [0.2, 0.25) is 5.91 Å². The molecule has 0 aliphatic heterocycles. The molecule has 1 amide bonds. The van der Waals surface area contributed by atoms with Crippen molar-refractivity contribution >= 4 is 17.7 Å². The molecule has 0 aromatic carbocycles.